The minimum absolute atomic E-state index is 0.0160. The van der Waals surface area contributed by atoms with E-state index in [9.17, 15) is 9.59 Å². The third-order valence-corrected chi connectivity index (χ3v) is 1.42. The van der Waals surface area contributed by atoms with E-state index in [0.29, 0.717) is 5.57 Å². The highest BCUT2D eigenvalue weighted by Crippen LogP contribution is 2.03. The quantitative estimate of drug-likeness (QED) is 0.594. The molecule has 3 heteroatoms. The van der Waals surface area contributed by atoms with Crippen molar-refractivity contribution in [3.63, 3.8) is 0 Å². The van der Waals surface area contributed by atoms with Gasteiger partial charge >= 0.3 is 0 Å². The highest BCUT2D eigenvalue weighted by Gasteiger charge is 2.04. The van der Waals surface area contributed by atoms with Crippen molar-refractivity contribution in [2.45, 2.75) is 13.3 Å². The summed E-state index contributed by atoms with van der Waals surface area (Å²) in [7, 11) is 0. The molecule has 1 heterocycles. The Kier molecular flexibility index (Phi) is 2.21. The molecule has 11 heavy (non-hydrogen) atoms. The molecule has 0 aromatic heterocycles. The molecule has 1 N–H and O–H groups in total. The molecule has 0 saturated heterocycles. The first-order chi connectivity index (χ1) is 5.20. The molecule has 3 nitrogen and oxygen atoms in total. The lowest BCUT2D eigenvalue weighted by atomic mass is 10.1. The van der Waals surface area contributed by atoms with E-state index in [1.807, 2.05) is 0 Å². The zero-order valence-electron chi connectivity index (χ0n) is 6.26. The molecule has 0 radical (unpaired) electrons. The first-order valence-electron chi connectivity index (χ1n) is 3.37. The summed E-state index contributed by atoms with van der Waals surface area (Å²) >= 11 is 0. The molecule has 0 bridgehead atoms. The first kappa shape index (κ1) is 7.72. The zero-order valence-corrected chi connectivity index (χ0v) is 6.26. The van der Waals surface area contributed by atoms with Crippen LogP contribution >= 0.6 is 0 Å². The third-order valence-electron chi connectivity index (χ3n) is 1.42. The van der Waals surface area contributed by atoms with E-state index in [1.54, 1.807) is 12.2 Å². The van der Waals surface area contributed by atoms with Gasteiger partial charge in [-0.15, -0.1) is 0 Å². The maximum atomic E-state index is 10.8. The van der Waals surface area contributed by atoms with Crippen molar-refractivity contribution in [2.24, 2.45) is 0 Å². The van der Waals surface area contributed by atoms with Crippen molar-refractivity contribution >= 4 is 11.7 Å². The lowest BCUT2D eigenvalue weighted by molar-refractivity contribution is -0.119. The van der Waals surface area contributed by atoms with E-state index in [-0.39, 0.29) is 18.1 Å². The number of rotatable bonds is 1. The Morgan fingerprint density at radius 2 is 2.36 bits per heavy atom. The lowest BCUT2D eigenvalue weighted by Gasteiger charge is -1.89. The topological polar surface area (TPSA) is 46.2 Å². The average Bonchev–Trinajstić information content (AvgIpc) is 2.13. The van der Waals surface area contributed by atoms with Gasteiger partial charge in [-0.05, 0) is 13.0 Å². The number of amides is 1. The number of allylic oxidation sites excluding steroid dienone is 2. The summed E-state index contributed by atoms with van der Waals surface area (Å²) in [6.45, 7) is 1.48. The van der Waals surface area contributed by atoms with Crippen molar-refractivity contribution in [2.75, 3.05) is 0 Å². The van der Waals surface area contributed by atoms with Gasteiger partial charge in [0.2, 0.25) is 5.91 Å². The minimum Gasteiger partial charge on any atom is -0.332 e. The fourth-order valence-corrected chi connectivity index (χ4v) is 0.815. The van der Waals surface area contributed by atoms with Crippen LogP contribution in [0.1, 0.15) is 13.3 Å². The predicted molar refractivity (Wildman–Crippen MR) is 40.7 cm³/mol. The Morgan fingerprint density at radius 3 is 3.00 bits per heavy atom. The van der Waals surface area contributed by atoms with Crippen LogP contribution in [0, 0.1) is 0 Å². The van der Waals surface area contributed by atoms with Crippen molar-refractivity contribution in [1.29, 1.82) is 0 Å². The molecular formula is C8H9NO2. The van der Waals surface area contributed by atoms with Crippen molar-refractivity contribution in [1.82, 2.24) is 5.32 Å². The molecular weight excluding hydrogens is 142 g/mol. The highest BCUT2D eigenvalue weighted by molar-refractivity contribution is 5.97. The summed E-state index contributed by atoms with van der Waals surface area (Å²) in [5.41, 5.74) is 0.586. The van der Waals surface area contributed by atoms with Crippen LogP contribution in [0.5, 0.6) is 0 Å². The van der Waals surface area contributed by atoms with Crippen LogP contribution in [0.15, 0.2) is 23.9 Å². The Morgan fingerprint density at radius 1 is 1.64 bits per heavy atom. The van der Waals surface area contributed by atoms with E-state index in [2.05, 4.69) is 5.32 Å². The van der Waals surface area contributed by atoms with Crippen LogP contribution in [-0.4, -0.2) is 11.7 Å². The van der Waals surface area contributed by atoms with E-state index >= 15 is 0 Å². The number of carbonyl (C=O) groups is 2. The van der Waals surface area contributed by atoms with Gasteiger partial charge in [0.05, 0.1) is 0 Å². The van der Waals surface area contributed by atoms with E-state index in [4.69, 9.17) is 0 Å². The monoisotopic (exact) mass is 151 g/mol. The Bertz CT molecular complexity index is 251. The number of hydrogen-bond acceptors (Lipinski definition) is 2. The number of hydrogen-bond donors (Lipinski definition) is 1. The van der Waals surface area contributed by atoms with Gasteiger partial charge < -0.3 is 5.32 Å². The Hall–Kier alpha value is -1.38. The molecule has 1 aliphatic rings. The van der Waals surface area contributed by atoms with Crippen LogP contribution in [-0.2, 0) is 9.59 Å². The molecule has 0 fully saturated rings. The fraction of sp³-hybridized carbons (Fsp3) is 0.250. The van der Waals surface area contributed by atoms with E-state index in [1.165, 1.54) is 13.1 Å². The molecule has 0 aromatic rings. The summed E-state index contributed by atoms with van der Waals surface area (Å²) < 4.78 is 0. The van der Waals surface area contributed by atoms with Gasteiger partial charge in [0.25, 0.3) is 0 Å². The summed E-state index contributed by atoms with van der Waals surface area (Å²) in [5, 5.41) is 2.51. The smallest absolute Gasteiger partial charge is 0.227 e. The molecule has 1 aliphatic heterocycles. The predicted octanol–water partition coefficient (Wildman–Crippen LogP) is 0.535. The van der Waals surface area contributed by atoms with Crippen LogP contribution in [0.25, 0.3) is 0 Å². The molecule has 0 aliphatic carbocycles. The minimum atomic E-state index is -0.0856. The van der Waals surface area contributed by atoms with Gasteiger partial charge in [-0.1, -0.05) is 6.08 Å². The average molecular weight is 151 g/mol. The van der Waals surface area contributed by atoms with Crippen LogP contribution in [0.2, 0.25) is 0 Å². The van der Waals surface area contributed by atoms with Crippen LogP contribution in [0.4, 0.5) is 0 Å². The van der Waals surface area contributed by atoms with E-state index < -0.39 is 0 Å². The second kappa shape index (κ2) is 3.14. The SMILES string of the molecule is CC(=O)C1=CCC(=O)NC=C1. The van der Waals surface area contributed by atoms with Crippen molar-refractivity contribution in [3.05, 3.63) is 23.9 Å². The third kappa shape index (κ3) is 2.04. The van der Waals surface area contributed by atoms with Gasteiger partial charge in [0.15, 0.2) is 5.78 Å². The summed E-state index contributed by atoms with van der Waals surface area (Å²) in [6.07, 6.45) is 5.00. The number of carbonyl (C=O) groups excluding carboxylic acids is 2. The molecule has 0 atom stereocenters. The Balaban J connectivity index is 2.80. The van der Waals surface area contributed by atoms with Crippen LogP contribution < -0.4 is 5.32 Å². The van der Waals surface area contributed by atoms with Gasteiger partial charge in [0.1, 0.15) is 0 Å². The van der Waals surface area contributed by atoms with Gasteiger partial charge in [-0.2, -0.15) is 0 Å². The summed E-state index contributed by atoms with van der Waals surface area (Å²) in [6, 6.07) is 0. The van der Waals surface area contributed by atoms with Crippen molar-refractivity contribution < 1.29 is 9.59 Å². The molecule has 1 rings (SSSR count). The maximum Gasteiger partial charge on any atom is 0.227 e. The van der Waals surface area contributed by atoms with Crippen molar-refractivity contribution in [3.8, 4) is 0 Å². The maximum absolute atomic E-state index is 10.8. The van der Waals surface area contributed by atoms with Crippen LogP contribution in [0.3, 0.4) is 0 Å². The zero-order chi connectivity index (χ0) is 8.27. The lowest BCUT2D eigenvalue weighted by Crippen LogP contribution is -2.13. The molecule has 0 saturated carbocycles. The largest absolute Gasteiger partial charge is 0.332 e. The summed E-state index contributed by atoms with van der Waals surface area (Å²) in [5.74, 6) is -0.102. The number of ketones is 1. The molecule has 1 amide bonds. The normalized spacial score (nSPS) is 16.8. The summed E-state index contributed by atoms with van der Waals surface area (Å²) in [4.78, 5) is 21.5. The standard InChI is InChI=1S/C8H9NO2/c1-6(10)7-2-3-8(11)9-5-4-7/h2,4-5H,3H2,1H3,(H,9,11). The molecule has 0 spiro atoms. The second-order valence-corrected chi connectivity index (χ2v) is 2.32. The first-order valence-corrected chi connectivity index (χ1v) is 3.37. The molecule has 0 unspecified atom stereocenters. The van der Waals surface area contributed by atoms with Gasteiger partial charge in [-0.25, -0.2) is 0 Å². The van der Waals surface area contributed by atoms with E-state index in [0.717, 1.165) is 0 Å². The van der Waals surface area contributed by atoms with Gasteiger partial charge in [-0.3, -0.25) is 9.59 Å². The highest BCUT2D eigenvalue weighted by atomic mass is 16.1. The Labute approximate surface area is 64.8 Å². The molecule has 58 valence electrons. The fourth-order valence-electron chi connectivity index (χ4n) is 0.815. The number of nitrogens with one attached hydrogen (secondary N) is 1. The number of Topliss-reactive ketones (excluding diaryl/α,β-unsaturated/α-hetero) is 1. The second-order valence-electron chi connectivity index (χ2n) is 2.32. The van der Waals surface area contributed by atoms with Gasteiger partial charge in [0, 0.05) is 18.2 Å². The molecule has 0 aromatic carbocycles.